The van der Waals surface area contributed by atoms with E-state index in [1.54, 1.807) is 0 Å². The predicted octanol–water partition coefficient (Wildman–Crippen LogP) is 0.186. The van der Waals surface area contributed by atoms with Crippen LogP contribution in [0, 0.1) is 16.0 Å². The van der Waals surface area contributed by atoms with Crippen LogP contribution in [-0.4, -0.2) is 46.4 Å². The normalized spacial score (nSPS) is 12.8. The highest BCUT2D eigenvalue weighted by Gasteiger charge is 2.46. The quantitative estimate of drug-likeness (QED) is 0.369. The highest BCUT2D eigenvalue weighted by molar-refractivity contribution is 6.79. The molecule has 7 nitrogen and oxygen atoms in total. The maximum Gasteiger partial charge on any atom is 0.439 e. The summed E-state index contributed by atoms with van der Waals surface area (Å²) in [6, 6.07) is 0. The van der Waals surface area contributed by atoms with Crippen LogP contribution in [0.4, 0.5) is 13.2 Å². The number of hydrogen-bond acceptors (Lipinski definition) is 5. The summed E-state index contributed by atoms with van der Waals surface area (Å²) < 4.78 is 36.2. The molecular weight excluding hydrogens is 235 g/mol. The van der Waals surface area contributed by atoms with Gasteiger partial charge in [-0.1, -0.05) is 0 Å². The van der Waals surface area contributed by atoms with Crippen molar-refractivity contribution in [3.8, 4) is 0 Å². The van der Waals surface area contributed by atoms with Gasteiger partial charge in [0.25, 0.3) is 0 Å². The van der Waals surface area contributed by atoms with Crippen molar-refractivity contribution in [2.75, 3.05) is 7.11 Å². The molecule has 0 aromatic carbocycles. The molecule has 0 aliphatic carbocycles. The molecule has 0 saturated heterocycles. The minimum absolute atomic E-state index is 0.672. The minimum Gasteiger partial charge on any atom is -0.476 e. The Labute approximate surface area is 86.3 Å². The second-order valence-corrected chi connectivity index (χ2v) is 2.34. The molecule has 16 heavy (non-hydrogen) atoms. The van der Waals surface area contributed by atoms with Crippen LogP contribution in [-0.2, 0) is 9.63 Å². The molecule has 90 valence electrons. The van der Waals surface area contributed by atoms with E-state index in [-0.39, 0.29) is 0 Å². The lowest BCUT2D eigenvalue weighted by atomic mass is 10.1. The van der Waals surface area contributed by atoms with Gasteiger partial charge in [-0.15, -0.1) is 0 Å². The Hall–Kier alpha value is -2.13. The third kappa shape index (κ3) is 2.93. The largest absolute Gasteiger partial charge is 0.476 e. The van der Waals surface area contributed by atoms with Gasteiger partial charge in [-0.3, -0.25) is 16.0 Å². The van der Waals surface area contributed by atoms with Crippen molar-refractivity contribution in [1.29, 1.82) is 10.8 Å². The average Bonchev–Trinajstić information content (AvgIpc) is 2.15. The first-order valence-electron chi connectivity index (χ1n) is 3.49. The molecule has 0 aliphatic heterocycles. The molecule has 10 heteroatoms. The summed E-state index contributed by atoms with van der Waals surface area (Å²) in [4.78, 5) is 13.2. The van der Waals surface area contributed by atoms with Crippen LogP contribution < -0.4 is 0 Å². The van der Waals surface area contributed by atoms with Crippen molar-refractivity contribution in [2.45, 2.75) is 6.18 Å². The van der Waals surface area contributed by atoms with Crippen LogP contribution in [0.3, 0.4) is 0 Å². The summed E-state index contributed by atoms with van der Waals surface area (Å²) in [5.74, 6) is -2.08. The lowest BCUT2D eigenvalue weighted by Crippen LogP contribution is -2.42. The van der Waals surface area contributed by atoms with Crippen molar-refractivity contribution in [2.24, 2.45) is 0 Å². The predicted molar refractivity (Wildman–Crippen MR) is 44.8 cm³/mol. The molecule has 0 aromatic heterocycles. The zero-order chi connectivity index (χ0) is 13.1. The average molecular weight is 241 g/mol. The van der Waals surface area contributed by atoms with E-state index in [1.165, 1.54) is 0 Å². The fourth-order valence-corrected chi connectivity index (χ4v) is 0.634. The number of carboxylic acid groups (broad SMARTS) is 1. The van der Waals surface area contributed by atoms with E-state index in [0.29, 0.717) is 7.11 Å². The number of nitrogens with one attached hydrogen (secondary N) is 2. The summed E-state index contributed by atoms with van der Waals surface area (Å²) >= 11 is 0. The molecule has 0 atom stereocenters. The van der Waals surface area contributed by atoms with E-state index >= 15 is 0 Å². The van der Waals surface area contributed by atoms with Gasteiger partial charge < -0.3 is 9.94 Å². The standard InChI is InChI=1S/C6H6F3N3O4/c1-16-12(15)3(2(10)5(13)14)4(11)6(7,8)9/h10-11H,1H3,(H,13,14). The Morgan fingerprint density at radius 3 is 2.12 bits per heavy atom. The van der Waals surface area contributed by atoms with Gasteiger partial charge in [-0.25, -0.2) is 4.79 Å². The number of halogens is 3. The van der Waals surface area contributed by atoms with Gasteiger partial charge in [0.1, 0.15) is 0 Å². The van der Waals surface area contributed by atoms with Gasteiger partial charge in [-0.2, -0.15) is 13.2 Å². The van der Waals surface area contributed by atoms with Crippen LogP contribution >= 0.6 is 0 Å². The molecule has 0 aromatic rings. The van der Waals surface area contributed by atoms with Crippen molar-refractivity contribution < 1.29 is 32.8 Å². The van der Waals surface area contributed by atoms with Gasteiger partial charge >= 0.3 is 17.9 Å². The van der Waals surface area contributed by atoms with Gasteiger partial charge in [0.15, 0.2) is 0 Å². The molecule has 0 spiro atoms. The number of carbonyl (C=O) groups is 1. The molecule has 0 amide bonds. The second-order valence-electron chi connectivity index (χ2n) is 2.34. The van der Waals surface area contributed by atoms with Crippen molar-refractivity contribution >= 4 is 23.1 Å². The van der Waals surface area contributed by atoms with Gasteiger partial charge in [0, 0.05) is 7.11 Å². The molecule has 0 bridgehead atoms. The molecule has 0 rings (SSSR count). The maximum atomic E-state index is 12.1. The molecule has 0 fully saturated rings. The van der Waals surface area contributed by atoms with Gasteiger partial charge in [0.2, 0.25) is 11.4 Å². The Morgan fingerprint density at radius 2 is 1.88 bits per heavy atom. The molecule has 0 radical (unpaired) electrons. The first-order chi connectivity index (χ1) is 7.12. The molecule has 0 heterocycles. The van der Waals surface area contributed by atoms with E-state index in [1.807, 2.05) is 0 Å². The third-order valence-electron chi connectivity index (χ3n) is 1.32. The Bertz CT molecular complexity index is 374. The Kier molecular flexibility index (Phi) is 3.98. The van der Waals surface area contributed by atoms with Crippen molar-refractivity contribution in [3.63, 3.8) is 0 Å². The molecule has 0 saturated carbocycles. The number of alkyl halides is 3. The van der Waals surface area contributed by atoms with Crippen molar-refractivity contribution in [3.05, 3.63) is 5.21 Å². The molecular formula is C6H6F3N3O4. The van der Waals surface area contributed by atoms with E-state index in [0.717, 1.165) is 0 Å². The van der Waals surface area contributed by atoms with E-state index in [2.05, 4.69) is 4.84 Å². The second kappa shape index (κ2) is 4.59. The van der Waals surface area contributed by atoms with E-state index in [4.69, 9.17) is 15.9 Å². The zero-order valence-corrected chi connectivity index (χ0v) is 7.75. The topological polar surface area (TPSA) is 120 Å². The number of nitrogens with zero attached hydrogens (tertiary/aromatic N) is 1. The fourth-order valence-electron chi connectivity index (χ4n) is 0.634. The zero-order valence-electron chi connectivity index (χ0n) is 7.75. The number of carboxylic acids is 1. The molecule has 0 aliphatic rings. The van der Waals surface area contributed by atoms with Crippen LogP contribution in [0.1, 0.15) is 0 Å². The maximum absolute atomic E-state index is 12.1. The SMILES string of the molecule is CO[N+]([O-])=C(C(=N)C(=O)O)C(=N)C(F)(F)F. The summed E-state index contributed by atoms with van der Waals surface area (Å²) in [5.41, 5.74) is -5.67. The van der Waals surface area contributed by atoms with Crippen LogP contribution in [0.2, 0.25) is 0 Å². The van der Waals surface area contributed by atoms with Crippen LogP contribution in [0.5, 0.6) is 0 Å². The summed E-state index contributed by atoms with van der Waals surface area (Å²) in [6.45, 7) is 0. The van der Waals surface area contributed by atoms with Crippen molar-refractivity contribution in [1.82, 2.24) is 0 Å². The third-order valence-corrected chi connectivity index (χ3v) is 1.32. The fraction of sp³-hybridized carbons (Fsp3) is 0.333. The number of hydrogen-bond donors (Lipinski definition) is 3. The highest BCUT2D eigenvalue weighted by Crippen LogP contribution is 2.17. The van der Waals surface area contributed by atoms with Crippen LogP contribution in [0.25, 0.3) is 0 Å². The van der Waals surface area contributed by atoms with Gasteiger partial charge in [-0.05, 0) is 0 Å². The Morgan fingerprint density at radius 1 is 1.44 bits per heavy atom. The Balaban J connectivity index is 5.57. The summed E-state index contributed by atoms with van der Waals surface area (Å²) in [7, 11) is 0.672. The lowest BCUT2D eigenvalue weighted by molar-refractivity contribution is -0.731. The van der Waals surface area contributed by atoms with Crippen LogP contribution in [0.15, 0.2) is 0 Å². The first-order valence-corrected chi connectivity index (χ1v) is 3.49. The molecule has 0 unspecified atom stereocenters. The monoisotopic (exact) mass is 241 g/mol. The highest BCUT2D eigenvalue weighted by atomic mass is 19.4. The number of aliphatic carboxylic acids is 1. The first kappa shape index (κ1) is 13.9. The lowest BCUT2D eigenvalue weighted by Gasteiger charge is -2.08. The number of rotatable bonds is 4. The van der Waals surface area contributed by atoms with E-state index < -0.39 is 34.2 Å². The molecule has 3 N–H and O–H groups in total. The summed E-state index contributed by atoms with van der Waals surface area (Å²) in [5, 5.41) is 32.4. The van der Waals surface area contributed by atoms with E-state index in [9.17, 15) is 23.2 Å². The minimum atomic E-state index is -5.25. The summed E-state index contributed by atoms with van der Waals surface area (Å²) in [6.07, 6.45) is -5.25. The van der Waals surface area contributed by atoms with Gasteiger partial charge in [0.05, 0.1) is 4.90 Å². The smallest absolute Gasteiger partial charge is 0.439 e.